The van der Waals surface area contributed by atoms with E-state index in [9.17, 15) is 0 Å². The van der Waals surface area contributed by atoms with Crippen LogP contribution in [0, 0.1) is 14.4 Å². The van der Waals surface area contributed by atoms with Gasteiger partial charge in [-0.3, -0.25) is 0 Å². The van der Waals surface area contributed by atoms with Crippen LogP contribution in [0.5, 0.6) is 0 Å². The van der Waals surface area contributed by atoms with Gasteiger partial charge in [-0.15, -0.1) is 0 Å². The Morgan fingerprint density at radius 2 is 1.00 bits per heavy atom. The second-order valence-corrected chi connectivity index (χ2v) is 1.71. The van der Waals surface area contributed by atoms with Crippen LogP contribution in [0.4, 0.5) is 0 Å². The van der Waals surface area contributed by atoms with Crippen molar-refractivity contribution < 1.29 is 55.7 Å². The van der Waals surface area contributed by atoms with Crippen molar-refractivity contribution in [2.24, 2.45) is 0 Å². The van der Waals surface area contributed by atoms with Crippen LogP contribution >= 0.6 is 0 Å². The van der Waals surface area contributed by atoms with E-state index in [-0.39, 0.29) is 63.1 Å². The van der Waals surface area contributed by atoms with Crippen molar-refractivity contribution in [3.8, 4) is 0 Å². The van der Waals surface area contributed by atoms with E-state index >= 15 is 0 Å². The van der Waals surface area contributed by atoms with Gasteiger partial charge in [-0.1, -0.05) is 39.5 Å². The van der Waals surface area contributed by atoms with E-state index in [4.69, 9.17) is 0 Å². The molecule has 0 aliphatic rings. The molecule has 0 heterocycles. The van der Waals surface area contributed by atoms with Crippen LogP contribution in [0.2, 0.25) is 0 Å². The maximum atomic E-state index is 3.25. The summed E-state index contributed by atoms with van der Waals surface area (Å²) in [5, 5.41) is 0. The van der Waals surface area contributed by atoms with E-state index < -0.39 is 0 Å². The third-order valence-corrected chi connectivity index (χ3v) is 0.957. The zero-order chi connectivity index (χ0) is 6.83. The molecule has 0 nitrogen and oxygen atoms in total. The summed E-state index contributed by atoms with van der Waals surface area (Å²) in [4.78, 5) is 0. The largest absolute Gasteiger partial charge is 2.00 e. The van der Waals surface area contributed by atoms with Crippen LogP contribution < -0.4 is 0 Å². The molecule has 3 radical (unpaired) electrons. The van der Waals surface area contributed by atoms with Gasteiger partial charge in [-0.2, -0.15) is 6.92 Å². The van der Waals surface area contributed by atoms with Crippen molar-refractivity contribution in [1.82, 2.24) is 0 Å². The molecule has 0 aromatic heterocycles. The summed E-state index contributed by atoms with van der Waals surface area (Å²) in [5.41, 5.74) is 0. The molecule has 0 fully saturated rings. The zero-order valence-corrected chi connectivity index (χ0v) is 13.1. The normalized spacial score (nSPS) is 5.00. The minimum atomic E-state index is 0. The molecule has 0 amide bonds. The summed E-state index contributed by atoms with van der Waals surface area (Å²) in [6.45, 7) is 9.46. The first-order valence-electron chi connectivity index (χ1n) is 3.62. The molecule has 0 saturated carbocycles. The molecule has 0 aliphatic heterocycles. The van der Waals surface area contributed by atoms with E-state index in [1.807, 2.05) is 0 Å². The monoisotopic (exact) mass is 283 g/mol. The Labute approximate surface area is 116 Å². The van der Waals surface area contributed by atoms with Crippen LogP contribution in [0.15, 0.2) is 0 Å². The summed E-state index contributed by atoms with van der Waals surface area (Å²) >= 11 is 0. The average molecular weight is 283 g/mol. The van der Waals surface area contributed by atoms with Gasteiger partial charge in [0.25, 0.3) is 0 Å². The smallest absolute Gasteiger partial charge is 0.358 e. The SMILES string of the molecule is CCCCCC.[CH2-]C.[CH3-].[V+2].[V].[V]. The van der Waals surface area contributed by atoms with E-state index in [0.29, 0.717) is 0 Å². The molecule has 0 unspecified atom stereocenters. The number of hydrogen-bond acceptors (Lipinski definition) is 0. The van der Waals surface area contributed by atoms with Crippen molar-refractivity contribution in [2.75, 3.05) is 0 Å². The Hall–Kier alpha value is 1.75. The fraction of sp³-hybridized carbons (Fsp3) is 0.778. The summed E-state index contributed by atoms with van der Waals surface area (Å²) in [5.74, 6) is 0. The Morgan fingerprint density at radius 3 is 1.08 bits per heavy atom. The van der Waals surface area contributed by atoms with Gasteiger partial charge in [-0.05, 0) is 0 Å². The second kappa shape index (κ2) is 53.2. The molecule has 0 aliphatic carbocycles. The molecule has 0 spiro atoms. The van der Waals surface area contributed by atoms with Gasteiger partial charge in [0.15, 0.2) is 0 Å². The summed E-state index contributed by atoms with van der Waals surface area (Å²) in [6, 6.07) is 0. The first-order valence-corrected chi connectivity index (χ1v) is 3.62. The maximum Gasteiger partial charge on any atom is 2.00 e. The quantitative estimate of drug-likeness (QED) is 0.545. The predicted molar refractivity (Wildman–Crippen MR) is 47.3 cm³/mol. The first-order chi connectivity index (χ1) is 3.91. The van der Waals surface area contributed by atoms with Crippen molar-refractivity contribution in [2.45, 2.75) is 46.5 Å². The average Bonchev–Trinajstić information content (AvgIpc) is 1.88. The van der Waals surface area contributed by atoms with Crippen LogP contribution in [-0.2, 0) is 55.7 Å². The van der Waals surface area contributed by atoms with E-state index in [0.717, 1.165) is 0 Å². The van der Waals surface area contributed by atoms with E-state index in [2.05, 4.69) is 20.8 Å². The fourth-order valence-corrected chi connectivity index (χ4v) is 0.500. The molecule has 0 saturated heterocycles. The number of hydrogen-bond donors (Lipinski definition) is 0. The summed E-state index contributed by atoms with van der Waals surface area (Å²) in [7, 11) is 0. The Bertz CT molecular complexity index is 21.7. The zero-order valence-electron chi connectivity index (χ0n) is 8.88. The molecular weight excluding hydrogens is 261 g/mol. The molecular formula is C9H22V3. The molecule has 12 heavy (non-hydrogen) atoms. The minimum absolute atomic E-state index is 0. The Morgan fingerprint density at radius 1 is 0.833 bits per heavy atom. The second-order valence-electron chi connectivity index (χ2n) is 1.71. The van der Waals surface area contributed by atoms with Gasteiger partial charge in [0.1, 0.15) is 0 Å². The van der Waals surface area contributed by atoms with Crippen LogP contribution in [0.25, 0.3) is 0 Å². The fourth-order valence-electron chi connectivity index (χ4n) is 0.500. The van der Waals surface area contributed by atoms with Crippen molar-refractivity contribution >= 4 is 0 Å². The minimum Gasteiger partial charge on any atom is -0.358 e. The standard InChI is InChI=1S/C6H14.C2H5.CH3.3V/c1-3-5-6-4-2;1-2;;;;/h3-6H2,1-2H3;1H2,2H3;1H3;;;/q;2*-1;;;+2. The third-order valence-electron chi connectivity index (χ3n) is 0.957. The molecule has 0 aromatic carbocycles. The van der Waals surface area contributed by atoms with Gasteiger partial charge >= 0.3 is 18.6 Å². The van der Waals surface area contributed by atoms with Gasteiger partial charge in [0, 0.05) is 37.1 Å². The van der Waals surface area contributed by atoms with Crippen molar-refractivity contribution in [3.05, 3.63) is 14.4 Å². The van der Waals surface area contributed by atoms with Crippen LogP contribution in [-0.4, -0.2) is 0 Å². The van der Waals surface area contributed by atoms with Gasteiger partial charge < -0.3 is 14.4 Å². The molecule has 0 aromatic rings. The van der Waals surface area contributed by atoms with Gasteiger partial charge in [0.05, 0.1) is 0 Å². The van der Waals surface area contributed by atoms with E-state index in [1.165, 1.54) is 25.7 Å². The molecule has 0 bridgehead atoms. The summed E-state index contributed by atoms with van der Waals surface area (Å²) in [6.07, 6.45) is 5.54. The van der Waals surface area contributed by atoms with Gasteiger partial charge in [-0.25, -0.2) is 0 Å². The molecule has 0 atom stereocenters. The predicted octanol–water partition coefficient (Wildman–Crippen LogP) is 3.87. The van der Waals surface area contributed by atoms with Crippen molar-refractivity contribution in [3.63, 3.8) is 0 Å². The maximum absolute atomic E-state index is 3.25. The summed E-state index contributed by atoms with van der Waals surface area (Å²) < 4.78 is 0. The number of unbranched alkanes of at least 4 members (excludes halogenated alkanes) is 3. The third kappa shape index (κ3) is 60.2. The van der Waals surface area contributed by atoms with Crippen molar-refractivity contribution in [1.29, 1.82) is 0 Å². The Balaban J connectivity index is -0.0000000140. The molecule has 0 rings (SSSR count). The van der Waals surface area contributed by atoms with Crippen LogP contribution in [0.3, 0.4) is 0 Å². The molecule has 73 valence electrons. The Kier molecular flexibility index (Phi) is 165. The number of rotatable bonds is 3. The topological polar surface area (TPSA) is 0 Å². The van der Waals surface area contributed by atoms with Crippen LogP contribution in [0.1, 0.15) is 46.5 Å². The molecule has 0 N–H and O–H groups in total. The van der Waals surface area contributed by atoms with Gasteiger partial charge in [0.2, 0.25) is 0 Å². The first kappa shape index (κ1) is 37.2. The molecule has 3 heteroatoms. The van der Waals surface area contributed by atoms with E-state index in [1.54, 1.807) is 6.92 Å².